The van der Waals surface area contributed by atoms with Gasteiger partial charge >= 0.3 is 0 Å². The molecule has 0 atom stereocenters. The van der Waals surface area contributed by atoms with Gasteiger partial charge in [0.25, 0.3) is 5.91 Å². The van der Waals surface area contributed by atoms with Gasteiger partial charge in [0.05, 0.1) is 35.2 Å². The lowest BCUT2D eigenvalue weighted by Gasteiger charge is -2.12. The van der Waals surface area contributed by atoms with Gasteiger partial charge in [-0.15, -0.1) is 0 Å². The molecule has 1 saturated heterocycles. The topological polar surface area (TPSA) is 60.5 Å². The highest BCUT2D eigenvalue weighted by atomic mass is 32.2. The van der Waals surface area contributed by atoms with E-state index in [-0.39, 0.29) is 12.0 Å². The van der Waals surface area contributed by atoms with Gasteiger partial charge in [-0.25, -0.2) is 4.68 Å². The van der Waals surface area contributed by atoms with E-state index in [1.165, 1.54) is 11.8 Å². The van der Waals surface area contributed by atoms with Crippen LogP contribution < -0.4 is 4.74 Å². The molecule has 1 aliphatic heterocycles. The van der Waals surface area contributed by atoms with Crippen LogP contribution in [0.1, 0.15) is 25.2 Å². The standard InChI is InChI=1S/C27H23N3O3S2/c1-18(2)33-22-12-10-19(11-13-22)25-20(16-30(28-25)21-7-4-3-5-8-21)15-24-26(31)29(27(34)35-24)17-23-9-6-14-32-23/h3-16,18H,17H2,1-2H3/b24-15-. The van der Waals surface area contributed by atoms with E-state index in [0.29, 0.717) is 21.5 Å². The lowest BCUT2D eigenvalue weighted by atomic mass is 10.1. The van der Waals surface area contributed by atoms with Gasteiger partial charge in [-0.1, -0.05) is 42.2 Å². The Hall–Kier alpha value is -3.62. The number of furan rings is 1. The number of nitrogens with zero attached hydrogens (tertiary/aromatic N) is 3. The van der Waals surface area contributed by atoms with Gasteiger partial charge in [-0.05, 0) is 68.5 Å². The van der Waals surface area contributed by atoms with Gasteiger partial charge in [0.1, 0.15) is 15.8 Å². The largest absolute Gasteiger partial charge is 0.491 e. The Kier molecular flexibility index (Phi) is 6.57. The Balaban J connectivity index is 1.51. The number of thiocarbonyl (C=S) groups is 1. The minimum absolute atomic E-state index is 0.0943. The zero-order valence-corrected chi connectivity index (χ0v) is 20.9. The SMILES string of the molecule is CC(C)Oc1ccc(-c2nn(-c3ccccc3)cc2/C=C2\SC(=S)N(Cc3ccco3)C2=O)cc1. The molecule has 0 aliphatic carbocycles. The van der Waals surface area contributed by atoms with Gasteiger partial charge in [-0.3, -0.25) is 9.69 Å². The smallest absolute Gasteiger partial charge is 0.266 e. The molecule has 1 aliphatic rings. The molecule has 0 radical (unpaired) electrons. The van der Waals surface area contributed by atoms with Gasteiger partial charge in [0.2, 0.25) is 0 Å². The second-order valence-corrected chi connectivity index (χ2v) is 9.93. The monoisotopic (exact) mass is 501 g/mol. The summed E-state index contributed by atoms with van der Waals surface area (Å²) in [6.07, 6.45) is 5.48. The minimum Gasteiger partial charge on any atom is -0.491 e. The molecule has 2 aromatic heterocycles. The van der Waals surface area contributed by atoms with Gasteiger partial charge < -0.3 is 9.15 Å². The maximum Gasteiger partial charge on any atom is 0.266 e. The van der Waals surface area contributed by atoms with Crippen molar-refractivity contribution < 1.29 is 13.9 Å². The number of carbonyl (C=O) groups is 1. The third-order valence-electron chi connectivity index (χ3n) is 5.32. The maximum atomic E-state index is 13.2. The maximum absolute atomic E-state index is 13.2. The summed E-state index contributed by atoms with van der Waals surface area (Å²) in [5.41, 5.74) is 3.44. The molecule has 6 nitrogen and oxygen atoms in total. The summed E-state index contributed by atoms with van der Waals surface area (Å²) in [4.78, 5) is 15.3. The number of carbonyl (C=O) groups excluding carboxylic acids is 1. The molecule has 8 heteroatoms. The zero-order chi connectivity index (χ0) is 24.4. The highest BCUT2D eigenvalue weighted by Gasteiger charge is 2.33. The van der Waals surface area contributed by atoms with E-state index >= 15 is 0 Å². The zero-order valence-electron chi connectivity index (χ0n) is 19.3. The summed E-state index contributed by atoms with van der Waals surface area (Å²) in [6.45, 7) is 4.30. The molecule has 4 aromatic rings. The number of para-hydroxylation sites is 1. The highest BCUT2D eigenvalue weighted by molar-refractivity contribution is 8.26. The molecule has 35 heavy (non-hydrogen) atoms. The lowest BCUT2D eigenvalue weighted by Crippen LogP contribution is -2.27. The summed E-state index contributed by atoms with van der Waals surface area (Å²) in [7, 11) is 0. The van der Waals surface area contributed by atoms with Crippen LogP contribution in [0.15, 0.2) is 88.5 Å². The van der Waals surface area contributed by atoms with E-state index in [9.17, 15) is 4.79 Å². The molecule has 0 bridgehead atoms. The summed E-state index contributed by atoms with van der Waals surface area (Å²) in [5.74, 6) is 1.34. The van der Waals surface area contributed by atoms with E-state index in [1.54, 1.807) is 17.2 Å². The van der Waals surface area contributed by atoms with E-state index in [2.05, 4.69) is 0 Å². The van der Waals surface area contributed by atoms with Crippen LogP contribution in [-0.2, 0) is 11.3 Å². The molecule has 2 aromatic carbocycles. The normalized spacial score (nSPS) is 14.9. The number of rotatable bonds is 7. The van der Waals surface area contributed by atoms with Crippen molar-refractivity contribution in [2.75, 3.05) is 0 Å². The number of amides is 1. The van der Waals surface area contributed by atoms with Crippen LogP contribution in [0, 0.1) is 0 Å². The van der Waals surface area contributed by atoms with Crippen molar-refractivity contribution in [2.24, 2.45) is 0 Å². The van der Waals surface area contributed by atoms with Crippen molar-refractivity contribution in [3.8, 4) is 22.7 Å². The van der Waals surface area contributed by atoms with Crippen LogP contribution in [0.3, 0.4) is 0 Å². The molecule has 0 unspecified atom stereocenters. The molecule has 3 heterocycles. The van der Waals surface area contributed by atoms with Crippen LogP contribution >= 0.6 is 24.0 Å². The fourth-order valence-corrected chi connectivity index (χ4v) is 4.98. The first kappa shape index (κ1) is 23.1. The van der Waals surface area contributed by atoms with Crippen molar-refractivity contribution in [3.63, 3.8) is 0 Å². The Morgan fingerprint density at radius 1 is 1.09 bits per heavy atom. The predicted octanol–water partition coefficient (Wildman–Crippen LogP) is 6.32. The fraction of sp³-hybridized carbons (Fsp3) is 0.148. The van der Waals surface area contributed by atoms with Crippen LogP contribution in [0.4, 0.5) is 0 Å². The number of aromatic nitrogens is 2. The van der Waals surface area contributed by atoms with Crippen molar-refractivity contribution >= 4 is 40.3 Å². The average molecular weight is 502 g/mol. The van der Waals surface area contributed by atoms with E-state index in [0.717, 1.165) is 28.3 Å². The van der Waals surface area contributed by atoms with Crippen molar-refractivity contribution in [1.29, 1.82) is 0 Å². The molecule has 0 saturated carbocycles. The van der Waals surface area contributed by atoms with E-state index < -0.39 is 0 Å². The Labute approximate surface area is 213 Å². The number of ether oxygens (including phenoxy) is 1. The summed E-state index contributed by atoms with van der Waals surface area (Å²) < 4.78 is 13.5. The summed E-state index contributed by atoms with van der Waals surface area (Å²) in [6, 6.07) is 21.3. The van der Waals surface area contributed by atoms with Crippen molar-refractivity contribution in [3.05, 3.63) is 95.4 Å². The Morgan fingerprint density at radius 3 is 2.54 bits per heavy atom. The highest BCUT2D eigenvalue weighted by Crippen LogP contribution is 2.36. The van der Waals surface area contributed by atoms with Gasteiger partial charge in [0.15, 0.2) is 0 Å². The Bertz CT molecular complexity index is 1380. The molecule has 5 rings (SSSR count). The third kappa shape index (κ3) is 5.08. The van der Waals surface area contributed by atoms with Crippen LogP contribution in [-0.4, -0.2) is 31.0 Å². The summed E-state index contributed by atoms with van der Waals surface area (Å²) in [5, 5.41) is 4.86. The quantitative estimate of drug-likeness (QED) is 0.218. The Morgan fingerprint density at radius 2 is 1.86 bits per heavy atom. The third-order valence-corrected chi connectivity index (χ3v) is 6.69. The molecular formula is C27H23N3O3S2. The van der Waals surface area contributed by atoms with Crippen LogP contribution in [0.2, 0.25) is 0 Å². The first-order chi connectivity index (χ1) is 17.0. The first-order valence-electron chi connectivity index (χ1n) is 11.2. The first-order valence-corrected chi connectivity index (χ1v) is 12.4. The fourth-order valence-electron chi connectivity index (χ4n) is 3.73. The van der Waals surface area contributed by atoms with E-state index in [4.69, 9.17) is 26.5 Å². The van der Waals surface area contributed by atoms with Crippen molar-refractivity contribution in [1.82, 2.24) is 14.7 Å². The second kappa shape index (κ2) is 9.93. The molecule has 1 fully saturated rings. The molecule has 0 N–H and O–H groups in total. The second-order valence-electron chi connectivity index (χ2n) is 8.25. The average Bonchev–Trinajstić information content (AvgIpc) is 3.57. The van der Waals surface area contributed by atoms with Crippen molar-refractivity contribution in [2.45, 2.75) is 26.5 Å². The lowest BCUT2D eigenvalue weighted by molar-refractivity contribution is -0.122. The van der Waals surface area contributed by atoms with E-state index in [1.807, 2.05) is 91.5 Å². The van der Waals surface area contributed by atoms with Gasteiger partial charge in [-0.2, -0.15) is 5.10 Å². The minimum atomic E-state index is -0.143. The summed E-state index contributed by atoms with van der Waals surface area (Å²) >= 11 is 6.78. The molecule has 0 spiro atoms. The van der Waals surface area contributed by atoms with Crippen LogP contribution in [0.25, 0.3) is 23.0 Å². The van der Waals surface area contributed by atoms with Gasteiger partial charge in [0, 0.05) is 17.3 Å². The predicted molar refractivity (Wildman–Crippen MR) is 142 cm³/mol. The van der Waals surface area contributed by atoms with Crippen LogP contribution in [0.5, 0.6) is 5.75 Å². The molecule has 1 amide bonds. The molecular weight excluding hydrogens is 478 g/mol. The number of hydrogen-bond donors (Lipinski definition) is 0. The number of thioether (sulfide) groups is 1. The number of hydrogen-bond acceptors (Lipinski definition) is 6. The molecule has 176 valence electrons. The number of benzene rings is 2.